The molecule has 3 aromatic rings. The highest BCUT2D eigenvalue weighted by molar-refractivity contribution is 5.85. The van der Waals surface area contributed by atoms with Gasteiger partial charge in [0, 0.05) is 43.0 Å². The molecule has 5 rings (SSSR count). The van der Waals surface area contributed by atoms with Crippen molar-refractivity contribution in [3.05, 3.63) is 71.0 Å². The minimum atomic E-state index is -0.364. The van der Waals surface area contributed by atoms with Gasteiger partial charge in [-0.15, -0.1) is 0 Å². The average molecular weight is 476 g/mol. The smallest absolute Gasteiger partial charge is 0.225 e. The Morgan fingerprint density at radius 2 is 1.94 bits per heavy atom. The number of aliphatic hydroxyl groups is 1. The summed E-state index contributed by atoms with van der Waals surface area (Å²) in [6.45, 7) is 4.54. The number of anilines is 1. The van der Waals surface area contributed by atoms with Gasteiger partial charge in [0.1, 0.15) is 11.6 Å². The number of para-hydroxylation sites is 1. The van der Waals surface area contributed by atoms with Crippen molar-refractivity contribution in [2.75, 3.05) is 24.5 Å². The number of aromatic nitrogens is 1. The van der Waals surface area contributed by atoms with Crippen LogP contribution in [-0.4, -0.2) is 46.6 Å². The van der Waals surface area contributed by atoms with Crippen LogP contribution in [0, 0.1) is 18.7 Å². The predicted octanol–water partition coefficient (Wildman–Crippen LogP) is 5.01. The molecular weight excluding hydrogens is 441 g/mol. The van der Waals surface area contributed by atoms with E-state index in [1.54, 1.807) is 12.1 Å². The molecule has 0 radical (unpaired) electrons. The van der Waals surface area contributed by atoms with Crippen molar-refractivity contribution in [1.29, 1.82) is 0 Å². The Labute approximate surface area is 206 Å². The number of benzene rings is 2. The minimum absolute atomic E-state index is 0.0964. The van der Waals surface area contributed by atoms with Crippen molar-refractivity contribution in [2.24, 2.45) is 5.92 Å². The summed E-state index contributed by atoms with van der Waals surface area (Å²) in [5, 5.41) is 11.4. The number of carbonyl (C=O) groups is 1. The van der Waals surface area contributed by atoms with Crippen LogP contribution in [0.5, 0.6) is 0 Å². The number of pyridine rings is 1. The summed E-state index contributed by atoms with van der Waals surface area (Å²) >= 11 is 0. The molecule has 1 saturated carbocycles. The molecule has 2 aromatic carbocycles. The Bertz CT molecular complexity index is 1190. The first-order valence-electron chi connectivity index (χ1n) is 12.8. The largest absolute Gasteiger partial charge is 0.391 e. The molecule has 0 bridgehead atoms. The van der Waals surface area contributed by atoms with Crippen LogP contribution in [0.25, 0.3) is 10.9 Å². The number of piperidine rings is 1. The number of rotatable bonds is 7. The van der Waals surface area contributed by atoms with Crippen LogP contribution < -0.4 is 4.90 Å². The predicted molar refractivity (Wildman–Crippen MR) is 137 cm³/mol. The quantitative estimate of drug-likeness (QED) is 0.522. The van der Waals surface area contributed by atoms with Crippen molar-refractivity contribution in [1.82, 2.24) is 9.88 Å². The maximum absolute atomic E-state index is 13.5. The second-order valence-corrected chi connectivity index (χ2v) is 10.1. The molecule has 184 valence electrons. The molecule has 0 spiro atoms. The summed E-state index contributed by atoms with van der Waals surface area (Å²) in [5.41, 5.74) is 4.12. The molecule has 1 saturated heterocycles. The van der Waals surface area contributed by atoms with E-state index >= 15 is 0 Å². The van der Waals surface area contributed by atoms with Gasteiger partial charge in [0.15, 0.2) is 0 Å². The Morgan fingerprint density at radius 3 is 2.66 bits per heavy atom. The van der Waals surface area contributed by atoms with Gasteiger partial charge in [-0.3, -0.25) is 4.79 Å². The van der Waals surface area contributed by atoms with E-state index in [4.69, 9.17) is 4.98 Å². The van der Waals surface area contributed by atoms with Gasteiger partial charge in [-0.1, -0.05) is 36.8 Å². The lowest BCUT2D eigenvalue weighted by Crippen LogP contribution is -2.41. The van der Waals surface area contributed by atoms with Gasteiger partial charge in [0.25, 0.3) is 0 Å². The fraction of sp³-hybridized carbons (Fsp3) is 0.448. The van der Waals surface area contributed by atoms with Gasteiger partial charge in [-0.05, 0) is 68.4 Å². The van der Waals surface area contributed by atoms with Crippen LogP contribution in [0.3, 0.4) is 0 Å². The highest BCUT2D eigenvalue weighted by atomic mass is 19.1. The standard InChI is InChI=1S/C29H34FN3O2/c1-20-5-2-8-23-17-24(28(31-27(20)23)32-15-4-9-26(34)19-32)18-33(29(35)22-6-3-7-22)16-14-21-10-12-25(30)13-11-21/h2,5,8,10-13,17,22,26,34H,3-4,6-7,9,14-16,18-19H2,1H3/t26-/m1/s1. The Kier molecular flexibility index (Phi) is 7.00. The summed E-state index contributed by atoms with van der Waals surface area (Å²) in [5.74, 6) is 0.923. The van der Waals surface area contributed by atoms with E-state index in [0.717, 1.165) is 72.1 Å². The van der Waals surface area contributed by atoms with E-state index in [1.807, 2.05) is 11.0 Å². The number of fused-ring (bicyclic) bond motifs is 1. The molecule has 5 nitrogen and oxygen atoms in total. The maximum Gasteiger partial charge on any atom is 0.225 e. The number of aryl methyl sites for hydroxylation is 1. The van der Waals surface area contributed by atoms with E-state index in [9.17, 15) is 14.3 Å². The van der Waals surface area contributed by atoms with Crippen LogP contribution in [-0.2, 0) is 17.8 Å². The van der Waals surface area contributed by atoms with Crippen LogP contribution in [0.4, 0.5) is 10.2 Å². The van der Waals surface area contributed by atoms with Gasteiger partial charge >= 0.3 is 0 Å². The van der Waals surface area contributed by atoms with E-state index in [2.05, 4.69) is 30.0 Å². The molecule has 1 amide bonds. The van der Waals surface area contributed by atoms with Crippen molar-refractivity contribution in [3.8, 4) is 0 Å². The van der Waals surface area contributed by atoms with E-state index < -0.39 is 0 Å². The fourth-order valence-corrected chi connectivity index (χ4v) is 5.22. The normalized spacial score (nSPS) is 18.5. The number of hydrogen-bond donors (Lipinski definition) is 1. The molecule has 2 fully saturated rings. The zero-order chi connectivity index (χ0) is 24.4. The molecule has 1 atom stereocenters. The van der Waals surface area contributed by atoms with Gasteiger partial charge in [-0.25, -0.2) is 9.37 Å². The van der Waals surface area contributed by atoms with Crippen LogP contribution >= 0.6 is 0 Å². The highest BCUT2D eigenvalue weighted by Crippen LogP contribution is 2.32. The molecule has 1 N–H and O–H groups in total. The van der Waals surface area contributed by atoms with Gasteiger partial charge in [0.2, 0.25) is 5.91 Å². The number of hydrogen-bond acceptors (Lipinski definition) is 4. The lowest BCUT2D eigenvalue weighted by atomic mass is 9.84. The fourth-order valence-electron chi connectivity index (χ4n) is 5.22. The monoisotopic (exact) mass is 475 g/mol. The Balaban J connectivity index is 1.47. The number of β-amino-alcohol motifs (C(OH)–C–C–N with tert-alkyl or cyclic N) is 1. The zero-order valence-corrected chi connectivity index (χ0v) is 20.4. The maximum atomic E-state index is 13.5. The third-order valence-electron chi connectivity index (χ3n) is 7.51. The molecule has 2 heterocycles. The van der Waals surface area contributed by atoms with Crippen LogP contribution in [0.2, 0.25) is 0 Å². The molecule has 2 aliphatic rings. The van der Waals surface area contributed by atoms with Gasteiger partial charge in [0.05, 0.1) is 11.6 Å². The van der Waals surface area contributed by atoms with E-state index in [1.165, 1.54) is 12.1 Å². The molecule has 1 aliphatic heterocycles. The Hall–Kier alpha value is -2.99. The van der Waals surface area contributed by atoms with Gasteiger partial charge in [-0.2, -0.15) is 0 Å². The molecule has 1 aromatic heterocycles. The first-order valence-corrected chi connectivity index (χ1v) is 12.8. The number of nitrogens with zero attached hydrogens (tertiary/aromatic N) is 3. The van der Waals surface area contributed by atoms with Crippen LogP contribution in [0.1, 0.15) is 48.8 Å². The van der Waals surface area contributed by atoms with Gasteiger partial charge < -0.3 is 14.9 Å². The average Bonchev–Trinajstić information content (AvgIpc) is 2.81. The Morgan fingerprint density at radius 1 is 1.14 bits per heavy atom. The summed E-state index contributed by atoms with van der Waals surface area (Å²) < 4.78 is 13.4. The second-order valence-electron chi connectivity index (χ2n) is 10.1. The van der Waals surface area contributed by atoms with Crippen molar-refractivity contribution >= 4 is 22.6 Å². The third-order valence-corrected chi connectivity index (χ3v) is 7.51. The van der Waals surface area contributed by atoms with E-state index in [-0.39, 0.29) is 23.7 Å². The van der Waals surface area contributed by atoms with Crippen molar-refractivity contribution in [3.63, 3.8) is 0 Å². The first-order chi connectivity index (χ1) is 17.0. The summed E-state index contributed by atoms with van der Waals surface area (Å²) in [6.07, 6.45) is 5.05. The third kappa shape index (κ3) is 5.32. The first kappa shape index (κ1) is 23.7. The number of halogens is 1. The number of amides is 1. The number of carbonyl (C=O) groups excluding carboxylic acids is 1. The molecular formula is C29H34FN3O2. The molecule has 1 aliphatic carbocycles. The minimum Gasteiger partial charge on any atom is -0.391 e. The molecule has 0 unspecified atom stereocenters. The summed E-state index contributed by atoms with van der Waals surface area (Å²) in [4.78, 5) is 22.7. The molecule has 6 heteroatoms. The molecule has 35 heavy (non-hydrogen) atoms. The number of aliphatic hydroxyl groups excluding tert-OH is 1. The topological polar surface area (TPSA) is 56.7 Å². The van der Waals surface area contributed by atoms with Crippen LogP contribution in [0.15, 0.2) is 48.5 Å². The second kappa shape index (κ2) is 10.3. The zero-order valence-electron chi connectivity index (χ0n) is 20.4. The van der Waals surface area contributed by atoms with Crippen molar-refractivity contribution in [2.45, 2.75) is 58.1 Å². The summed E-state index contributed by atoms with van der Waals surface area (Å²) in [7, 11) is 0. The SMILES string of the molecule is Cc1cccc2cc(CN(CCc3ccc(F)cc3)C(=O)C3CCC3)c(N3CCC[C@@H](O)C3)nc12. The summed E-state index contributed by atoms with van der Waals surface area (Å²) in [6, 6.07) is 14.9. The lowest BCUT2D eigenvalue weighted by molar-refractivity contribution is -0.138. The lowest BCUT2D eigenvalue weighted by Gasteiger charge is -2.35. The van der Waals surface area contributed by atoms with Crippen molar-refractivity contribution < 1.29 is 14.3 Å². The highest BCUT2D eigenvalue weighted by Gasteiger charge is 2.31. The van der Waals surface area contributed by atoms with E-state index in [0.29, 0.717) is 26.1 Å².